The van der Waals surface area contributed by atoms with Gasteiger partial charge in [0.15, 0.2) is 11.5 Å². The van der Waals surface area contributed by atoms with Crippen molar-refractivity contribution >= 4 is 34.1 Å². The summed E-state index contributed by atoms with van der Waals surface area (Å²) in [5.74, 6) is 1.63. The second-order valence-corrected chi connectivity index (χ2v) is 12.5. The summed E-state index contributed by atoms with van der Waals surface area (Å²) in [6.45, 7) is 7.27. The van der Waals surface area contributed by atoms with Gasteiger partial charge >= 0.3 is 0 Å². The van der Waals surface area contributed by atoms with Crippen LogP contribution in [-0.4, -0.2) is 41.5 Å². The zero-order valence-corrected chi connectivity index (χ0v) is 27.3. The lowest BCUT2D eigenvalue weighted by Crippen LogP contribution is -2.28. The summed E-state index contributed by atoms with van der Waals surface area (Å²) in [6, 6.07) is 28.7. The van der Waals surface area contributed by atoms with Gasteiger partial charge in [-0.1, -0.05) is 38.5 Å². The molecule has 0 bridgehead atoms. The summed E-state index contributed by atoms with van der Waals surface area (Å²) in [4.78, 5) is 27.8. The molecule has 1 fully saturated rings. The number of nitrogens with one attached hydrogen (secondary N) is 2. The van der Waals surface area contributed by atoms with Crippen LogP contribution in [0.2, 0.25) is 0 Å². The Morgan fingerprint density at radius 3 is 2.26 bits per heavy atom. The van der Waals surface area contributed by atoms with Gasteiger partial charge in [0.1, 0.15) is 5.75 Å². The number of piperidine rings is 1. The highest BCUT2D eigenvalue weighted by atomic mass is 16.5. The third-order valence-electron chi connectivity index (χ3n) is 8.43. The van der Waals surface area contributed by atoms with Gasteiger partial charge in [0.05, 0.1) is 12.6 Å². The predicted molar refractivity (Wildman–Crippen MR) is 188 cm³/mol. The van der Waals surface area contributed by atoms with Gasteiger partial charge in [-0.25, -0.2) is 0 Å². The molecule has 0 saturated carbocycles. The molecule has 1 aliphatic heterocycles. The number of rotatable bonds is 11. The van der Waals surface area contributed by atoms with Gasteiger partial charge in [-0.3, -0.25) is 14.5 Å². The minimum atomic E-state index is -0.217. The average Bonchev–Trinajstić information content (AvgIpc) is 3.44. The largest absolute Gasteiger partial charge is 0.493 e. The van der Waals surface area contributed by atoms with Gasteiger partial charge in [-0.05, 0) is 104 Å². The summed E-state index contributed by atoms with van der Waals surface area (Å²) in [7, 11) is 1.56. The van der Waals surface area contributed by atoms with Crippen molar-refractivity contribution < 1.29 is 19.1 Å². The van der Waals surface area contributed by atoms with Crippen LogP contribution < -0.4 is 20.1 Å². The van der Waals surface area contributed by atoms with Crippen molar-refractivity contribution in [2.75, 3.05) is 30.8 Å². The Bertz CT molecular complexity index is 1840. The first kappa shape index (κ1) is 31.9. The van der Waals surface area contributed by atoms with Gasteiger partial charge in [0, 0.05) is 53.2 Å². The Hall–Kier alpha value is -5.08. The monoisotopic (exact) mass is 630 g/mol. The Morgan fingerprint density at radius 1 is 0.809 bits per heavy atom. The molecule has 1 aliphatic rings. The van der Waals surface area contributed by atoms with Crippen LogP contribution in [0.15, 0.2) is 97.2 Å². The first-order valence-electron chi connectivity index (χ1n) is 16.3. The highest BCUT2D eigenvalue weighted by Gasteiger charge is 2.16. The van der Waals surface area contributed by atoms with Gasteiger partial charge in [-0.15, -0.1) is 0 Å². The fourth-order valence-corrected chi connectivity index (χ4v) is 6.07. The molecule has 242 valence electrons. The zero-order valence-electron chi connectivity index (χ0n) is 27.3. The van der Waals surface area contributed by atoms with E-state index in [1.807, 2.05) is 38.1 Å². The van der Waals surface area contributed by atoms with E-state index >= 15 is 0 Å². The number of carbonyl (C=O) groups excluding carboxylic acids is 2. The van der Waals surface area contributed by atoms with Crippen molar-refractivity contribution in [3.63, 3.8) is 0 Å². The third-order valence-corrected chi connectivity index (χ3v) is 8.43. The molecule has 2 N–H and O–H groups in total. The zero-order chi connectivity index (χ0) is 32.8. The van der Waals surface area contributed by atoms with Crippen LogP contribution in [0.1, 0.15) is 55.5 Å². The standard InChI is InChI=1S/C39H42N4O4/c1-27(2)23-38(44)40-30-13-18-33(19-14-30)47-36-20-15-31(24-37(36)46-3)41-39(45)28-11-16-32(17-12-28)43-26-29(25-42-21-7-4-8-22-42)34-9-5-6-10-35(34)43/h5-6,9-20,24,26-27H,4,7-8,21-23,25H2,1-3H3,(H,40,44)(H,41,45). The number of nitrogens with zero attached hydrogens (tertiary/aromatic N) is 2. The first-order chi connectivity index (χ1) is 22.9. The molecule has 0 radical (unpaired) electrons. The average molecular weight is 631 g/mol. The summed E-state index contributed by atoms with van der Waals surface area (Å²) in [5.41, 5.74) is 5.35. The quantitative estimate of drug-likeness (QED) is 0.153. The number of ether oxygens (including phenoxy) is 2. The number of hydrogen-bond acceptors (Lipinski definition) is 5. The van der Waals surface area contributed by atoms with Gasteiger partial charge < -0.3 is 24.7 Å². The van der Waals surface area contributed by atoms with Crippen molar-refractivity contribution in [1.29, 1.82) is 0 Å². The Labute approximate surface area is 276 Å². The molecule has 47 heavy (non-hydrogen) atoms. The number of likely N-dealkylation sites (tertiary alicyclic amines) is 1. The second kappa shape index (κ2) is 14.6. The Morgan fingerprint density at radius 2 is 1.53 bits per heavy atom. The molecule has 0 aliphatic carbocycles. The number of amides is 2. The third kappa shape index (κ3) is 7.84. The minimum absolute atomic E-state index is 0.0180. The minimum Gasteiger partial charge on any atom is -0.493 e. The molecule has 2 heterocycles. The number of anilines is 2. The Kier molecular flexibility index (Phi) is 9.88. The lowest BCUT2D eigenvalue weighted by molar-refractivity contribution is -0.116. The van der Waals surface area contributed by atoms with Crippen LogP contribution in [0, 0.1) is 5.92 Å². The van der Waals surface area contributed by atoms with E-state index in [1.54, 1.807) is 49.6 Å². The normalized spacial score (nSPS) is 13.4. The molecule has 0 unspecified atom stereocenters. The molecule has 1 aromatic heterocycles. The fraction of sp³-hybridized carbons (Fsp3) is 0.282. The van der Waals surface area contributed by atoms with Crippen molar-refractivity contribution in [2.45, 2.75) is 46.1 Å². The molecule has 0 atom stereocenters. The summed E-state index contributed by atoms with van der Waals surface area (Å²) in [6.07, 6.45) is 6.56. The molecule has 5 aromatic rings. The number of carbonyl (C=O) groups is 2. The van der Waals surface area contributed by atoms with E-state index in [0.29, 0.717) is 40.6 Å². The molecular formula is C39H42N4O4. The van der Waals surface area contributed by atoms with Crippen molar-refractivity contribution in [3.8, 4) is 22.9 Å². The van der Waals surface area contributed by atoms with Crippen LogP contribution in [-0.2, 0) is 11.3 Å². The van der Waals surface area contributed by atoms with E-state index < -0.39 is 0 Å². The summed E-state index contributed by atoms with van der Waals surface area (Å²) in [5, 5.41) is 7.14. The molecular weight excluding hydrogens is 588 g/mol. The van der Waals surface area contributed by atoms with Crippen molar-refractivity contribution in [3.05, 3.63) is 108 Å². The highest BCUT2D eigenvalue weighted by molar-refractivity contribution is 6.04. The van der Waals surface area contributed by atoms with Crippen LogP contribution in [0.5, 0.6) is 17.2 Å². The van der Waals surface area contributed by atoms with Crippen LogP contribution in [0.3, 0.4) is 0 Å². The smallest absolute Gasteiger partial charge is 0.255 e. The number of hydrogen-bond donors (Lipinski definition) is 2. The van der Waals surface area contributed by atoms with E-state index in [1.165, 1.54) is 30.2 Å². The first-order valence-corrected chi connectivity index (χ1v) is 16.3. The molecule has 0 spiro atoms. The lowest BCUT2D eigenvalue weighted by Gasteiger charge is -2.26. The van der Waals surface area contributed by atoms with Gasteiger partial charge in [0.25, 0.3) is 5.91 Å². The van der Waals surface area contributed by atoms with Crippen LogP contribution in [0.25, 0.3) is 16.6 Å². The Balaban J connectivity index is 1.11. The van der Waals surface area contributed by atoms with Crippen molar-refractivity contribution in [2.24, 2.45) is 5.92 Å². The number of fused-ring (bicyclic) bond motifs is 1. The van der Waals surface area contributed by atoms with E-state index in [2.05, 4.69) is 50.6 Å². The van der Waals surface area contributed by atoms with Crippen LogP contribution >= 0.6 is 0 Å². The van der Waals surface area contributed by atoms with Crippen LogP contribution in [0.4, 0.5) is 11.4 Å². The van der Waals surface area contributed by atoms with E-state index in [-0.39, 0.29) is 17.7 Å². The highest BCUT2D eigenvalue weighted by Crippen LogP contribution is 2.34. The SMILES string of the molecule is COc1cc(NC(=O)c2ccc(-n3cc(CN4CCCCC4)c4ccccc43)cc2)ccc1Oc1ccc(NC(=O)CC(C)C)cc1. The van der Waals surface area contributed by atoms with Gasteiger partial charge in [0.2, 0.25) is 5.91 Å². The fourth-order valence-electron chi connectivity index (χ4n) is 6.07. The summed E-state index contributed by atoms with van der Waals surface area (Å²) < 4.78 is 13.8. The topological polar surface area (TPSA) is 84.8 Å². The maximum absolute atomic E-state index is 13.2. The molecule has 4 aromatic carbocycles. The predicted octanol–water partition coefficient (Wildman–Crippen LogP) is 8.65. The number of para-hydroxylation sites is 1. The molecule has 6 rings (SSSR count). The molecule has 8 nitrogen and oxygen atoms in total. The van der Waals surface area contributed by atoms with Gasteiger partial charge in [-0.2, -0.15) is 0 Å². The second-order valence-electron chi connectivity index (χ2n) is 12.5. The molecule has 8 heteroatoms. The summed E-state index contributed by atoms with van der Waals surface area (Å²) >= 11 is 0. The lowest BCUT2D eigenvalue weighted by atomic mass is 10.1. The number of benzene rings is 4. The van der Waals surface area contributed by atoms with E-state index in [9.17, 15) is 9.59 Å². The maximum Gasteiger partial charge on any atom is 0.255 e. The maximum atomic E-state index is 13.2. The number of aromatic nitrogens is 1. The van der Waals surface area contributed by atoms with Crippen molar-refractivity contribution in [1.82, 2.24) is 9.47 Å². The van der Waals surface area contributed by atoms with E-state index in [4.69, 9.17) is 9.47 Å². The van der Waals surface area contributed by atoms with E-state index in [0.717, 1.165) is 30.8 Å². The molecule has 2 amide bonds. The molecule has 1 saturated heterocycles. The number of methoxy groups -OCH3 is 1.